The van der Waals surface area contributed by atoms with Crippen molar-refractivity contribution in [2.24, 2.45) is 0 Å². The minimum absolute atomic E-state index is 0.558. The molecule has 1 aromatic carbocycles. The molecule has 0 radical (unpaired) electrons. The van der Waals surface area contributed by atoms with Crippen LogP contribution in [0.2, 0.25) is 0 Å². The number of pyridine rings is 1. The Bertz CT molecular complexity index is 708. The van der Waals surface area contributed by atoms with Crippen LogP contribution in [0.3, 0.4) is 0 Å². The SMILES string of the molecule is CCc1cc2c(ncc3cc(C(C)C)ccc32)[nH]1. The van der Waals surface area contributed by atoms with Gasteiger partial charge in [-0.15, -0.1) is 0 Å². The molecule has 2 aromatic heterocycles. The van der Waals surface area contributed by atoms with Crippen molar-refractivity contribution in [2.45, 2.75) is 33.1 Å². The summed E-state index contributed by atoms with van der Waals surface area (Å²) in [4.78, 5) is 7.89. The van der Waals surface area contributed by atoms with Crippen LogP contribution in [-0.4, -0.2) is 9.97 Å². The van der Waals surface area contributed by atoms with Gasteiger partial charge in [0.1, 0.15) is 5.65 Å². The van der Waals surface area contributed by atoms with Gasteiger partial charge in [-0.3, -0.25) is 0 Å². The van der Waals surface area contributed by atoms with Crippen LogP contribution in [0.4, 0.5) is 0 Å². The minimum atomic E-state index is 0.558. The van der Waals surface area contributed by atoms with Gasteiger partial charge in [0.25, 0.3) is 0 Å². The number of aryl methyl sites for hydroxylation is 1. The highest BCUT2D eigenvalue weighted by molar-refractivity contribution is 6.04. The Morgan fingerprint density at radius 3 is 2.72 bits per heavy atom. The summed E-state index contributed by atoms with van der Waals surface area (Å²) in [6, 6.07) is 8.93. The summed E-state index contributed by atoms with van der Waals surface area (Å²) in [5, 5.41) is 3.76. The third-order valence-electron chi connectivity index (χ3n) is 3.60. The van der Waals surface area contributed by atoms with Crippen molar-refractivity contribution in [2.75, 3.05) is 0 Å². The molecule has 3 aromatic rings. The number of aromatic amines is 1. The minimum Gasteiger partial charge on any atom is -0.343 e. The smallest absolute Gasteiger partial charge is 0.138 e. The van der Waals surface area contributed by atoms with E-state index in [-0.39, 0.29) is 0 Å². The number of fused-ring (bicyclic) bond motifs is 3. The van der Waals surface area contributed by atoms with Gasteiger partial charge in [0.15, 0.2) is 0 Å². The van der Waals surface area contributed by atoms with E-state index < -0.39 is 0 Å². The summed E-state index contributed by atoms with van der Waals surface area (Å²) in [6.45, 7) is 6.60. The Balaban J connectivity index is 2.30. The van der Waals surface area contributed by atoms with Crippen LogP contribution in [0.5, 0.6) is 0 Å². The van der Waals surface area contributed by atoms with Crippen LogP contribution < -0.4 is 0 Å². The normalized spacial score (nSPS) is 11.8. The van der Waals surface area contributed by atoms with Crippen molar-refractivity contribution in [3.63, 3.8) is 0 Å². The molecule has 0 aliphatic carbocycles. The van der Waals surface area contributed by atoms with Crippen molar-refractivity contribution in [1.29, 1.82) is 0 Å². The Hall–Kier alpha value is -1.83. The first kappa shape index (κ1) is 11.3. The predicted molar refractivity (Wildman–Crippen MR) is 77.1 cm³/mol. The lowest BCUT2D eigenvalue weighted by molar-refractivity contribution is 0.869. The van der Waals surface area contributed by atoms with E-state index in [1.54, 1.807) is 0 Å². The summed E-state index contributed by atoms with van der Waals surface area (Å²) >= 11 is 0. The van der Waals surface area contributed by atoms with Crippen LogP contribution in [0, 0.1) is 0 Å². The quantitative estimate of drug-likeness (QED) is 0.704. The van der Waals surface area contributed by atoms with E-state index in [9.17, 15) is 0 Å². The van der Waals surface area contributed by atoms with Gasteiger partial charge >= 0.3 is 0 Å². The number of hydrogen-bond donors (Lipinski definition) is 1. The van der Waals surface area contributed by atoms with E-state index in [2.05, 4.69) is 55.0 Å². The summed E-state index contributed by atoms with van der Waals surface area (Å²) in [5.41, 5.74) is 3.62. The topological polar surface area (TPSA) is 28.7 Å². The molecule has 0 aliphatic heterocycles. The summed E-state index contributed by atoms with van der Waals surface area (Å²) in [5.74, 6) is 0.558. The molecular weight excluding hydrogens is 220 g/mol. The van der Waals surface area contributed by atoms with E-state index in [1.165, 1.54) is 27.4 Å². The first-order valence-electron chi connectivity index (χ1n) is 6.59. The summed E-state index contributed by atoms with van der Waals surface area (Å²) in [7, 11) is 0. The number of benzene rings is 1. The fourth-order valence-electron chi connectivity index (χ4n) is 2.42. The maximum Gasteiger partial charge on any atom is 0.138 e. The summed E-state index contributed by atoms with van der Waals surface area (Å²) < 4.78 is 0. The van der Waals surface area contributed by atoms with Crippen LogP contribution in [0.15, 0.2) is 30.5 Å². The van der Waals surface area contributed by atoms with Crippen LogP contribution in [0.1, 0.15) is 37.9 Å². The molecule has 0 spiro atoms. The van der Waals surface area contributed by atoms with Crippen LogP contribution in [-0.2, 0) is 6.42 Å². The number of hydrogen-bond acceptors (Lipinski definition) is 1. The average molecular weight is 238 g/mol. The average Bonchev–Trinajstić information content (AvgIpc) is 2.81. The monoisotopic (exact) mass is 238 g/mol. The Kier molecular flexibility index (Phi) is 2.58. The molecule has 92 valence electrons. The van der Waals surface area contributed by atoms with Crippen molar-refractivity contribution in [3.05, 3.63) is 41.7 Å². The summed E-state index contributed by atoms with van der Waals surface area (Å²) in [6.07, 6.45) is 2.99. The van der Waals surface area contributed by atoms with Gasteiger partial charge < -0.3 is 4.98 Å². The Morgan fingerprint density at radius 2 is 2.00 bits per heavy atom. The molecule has 0 saturated carbocycles. The zero-order chi connectivity index (χ0) is 12.7. The first-order valence-corrected chi connectivity index (χ1v) is 6.59. The highest BCUT2D eigenvalue weighted by atomic mass is 14.9. The molecule has 0 unspecified atom stereocenters. The first-order chi connectivity index (χ1) is 8.69. The number of nitrogens with one attached hydrogen (secondary N) is 1. The molecule has 0 aliphatic rings. The standard InChI is InChI=1S/C16H18N2/c1-4-13-8-15-14-6-5-11(10(2)3)7-12(14)9-17-16(15)18-13/h5-10H,4H2,1-3H3,(H,17,18). The molecular formula is C16H18N2. The molecule has 18 heavy (non-hydrogen) atoms. The van der Waals surface area contributed by atoms with Gasteiger partial charge in [0.05, 0.1) is 0 Å². The second-order valence-corrected chi connectivity index (χ2v) is 5.17. The molecule has 2 nitrogen and oxygen atoms in total. The van der Waals surface area contributed by atoms with E-state index in [0.29, 0.717) is 5.92 Å². The molecule has 0 saturated heterocycles. The highest BCUT2D eigenvalue weighted by Gasteiger charge is 2.07. The van der Waals surface area contributed by atoms with E-state index in [0.717, 1.165) is 12.1 Å². The molecule has 2 heteroatoms. The lowest BCUT2D eigenvalue weighted by Gasteiger charge is -2.07. The molecule has 0 atom stereocenters. The third-order valence-corrected chi connectivity index (χ3v) is 3.60. The Morgan fingerprint density at radius 1 is 1.17 bits per heavy atom. The van der Waals surface area contributed by atoms with E-state index in [1.807, 2.05) is 6.20 Å². The lowest BCUT2D eigenvalue weighted by atomic mass is 9.99. The van der Waals surface area contributed by atoms with Gasteiger partial charge in [0, 0.05) is 22.7 Å². The van der Waals surface area contributed by atoms with E-state index in [4.69, 9.17) is 0 Å². The van der Waals surface area contributed by atoms with Gasteiger partial charge in [-0.2, -0.15) is 0 Å². The lowest BCUT2D eigenvalue weighted by Crippen LogP contribution is -1.87. The van der Waals surface area contributed by atoms with Crippen molar-refractivity contribution >= 4 is 21.8 Å². The third kappa shape index (κ3) is 1.69. The van der Waals surface area contributed by atoms with Crippen LogP contribution >= 0.6 is 0 Å². The fraction of sp³-hybridized carbons (Fsp3) is 0.312. The molecule has 0 fully saturated rings. The number of nitrogens with zero attached hydrogens (tertiary/aromatic N) is 1. The largest absolute Gasteiger partial charge is 0.343 e. The molecule has 0 bridgehead atoms. The number of aromatic nitrogens is 2. The molecule has 1 N–H and O–H groups in total. The predicted octanol–water partition coefficient (Wildman–Crippen LogP) is 4.40. The number of H-pyrrole nitrogens is 1. The van der Waals surface area contributed by atoms with E-state index >= 15 is 0 Å². The molecule has 2 heterocycles. The second kappa shape index (κ2) is 4.13. The van der Waals surface area contributed by atoms with Gasteiger partial charge in [-0.05, 0) is 35.4 Å². The number of rotatable bonds is 2. The molecule has 0 amide bonds. The van der Waals surface area contributed by atoms with Crippen LogP contribution in [0.25, 0.3) is 21.8 Å². The van der Waals surface area contributed by atoms with Gasteiger partial charge in [-0.25, -0.2) is 4.98 Å². The fourth-order valence-corrected chi connectivity index (χ4v) is 2.42. The zero-order valence-corrected chi connectivity index (χ0v) is 11.1. The zero-order valence-electron chi connectivity index (χ0n) is 11.1. The highest BCUT2D eigenvalue weighted by Crippen LogP contribution is 2.27. The second-order valence-electron chi connectivity index (χ2n) is 5.17. The van der Waals surface area contributed by atoms with Crippen molar-refractivity contribution in [3.8, 4) is 0 Å². The molecule has 3 rings (SSSR count). The van der Waals surface area contributed by atoms with Crippen molar-refractivity contribution < 1.29 is 0 Å². The maximum atomic E-state index is 4.52. The van der Waals surface area contributed by atoms with Crippen molar-refractivity contribution in [1.82, 2.24) is 9.97 Å². The van der Waals surface area contributed by atoms with Gasteiger partial charge in [-0.1, -0.05) is 32.9 Å². The maximum absolute atomic E-state index is 4.52. The Labute approximate surface area is 107 Å². The van der Waals surface area contributed by atoms with Gasteiger partial charge in [0.2, 0.25) is 0 Å².